The number of amides is 1. The summed E-state index contributed by atoms with van der Waals surface area (Å²) < 4.78 is 0. The van der Waals surface area contributed by atoms with Crippen LogP contribution in [-0.4, -0.2) is 22.5 Å². The average Bonchev–Trinajstić information content (AvgIpc) is 2.25. The summed E-state index contributed by atoms with van der Waals surface area (Å²) in [6.07, 6.45) is 0.858. The number of nitrogens with zero attached hydrogens (tertiary/aromatic N) is 1. The van der Waals surface area contributed by atoms with Crippen molar-refractivity contribution in [1.82, 2.24) is 10.3 Å². The van der Waals surface area contributed by atoms with E-state index in [1.807, 2.05) is 20.8 Å². The first kappa shape index (κ1) is 12.6. The first-order valence-electron chi connectivity index (χ1n) is 5.28. The monoisotopic (exact) mass is 222 g/mol. The number of aliphatic hydroxyl groups excluding tert-OH is 1. The molecule has 0 aliphatic heterocycles. The van der Waals surface area contributed by atoms with Crippen molar-refractivity contribution in [2.45, 2.75) is 26.9 Å². The van der Waals surface area contributed by atoms with Crippen LogP contribution < -0.4 is 5.32 Å². The molecule has 0 saturated carbocycles. The standard InChI is InChI=1S/C12H18N2O2/c1-12(2,3)11(16)14-8-10(15)9-6-4-5-7-13-9/h4-7,10,15H,8H2,1-3H3,(H,14,16). The van der Waals surface area contributed by atoms with Gasteiger partial charge in [-0.15, -0.1) is 0 Å². The van der Waals surface area contributed by atoms with Crippen LogP contribution in [0.5, 0.6) is 0 Å². The van der Waals surface area contributed by atoms with Gasteiger partial charge in [0.05, 0.1) is 5.69 Å². The van der Waals surface area contributed by atoms with Gasteiger partial charge in [-0.1, -0.05) is 26.8 Å². The van der Waals surface area contributed by atoms with Crippen molar-refractivity contribution in [2.24, 2.45) is 5.41 Å². The maximum atomic E-state index is 11.6. The van der Waals surface area contributed by atoms with Crippen LogP contribution in [0.3, 0.4) is 0 Å². The normalized spacial score (nSPS) is 13.2. The van der Waals surface area contributed by atoms with Crippen molar-refractivity contribution in [2.75, 3.05) is 6.54 Å². The van der Waals surface area contributed by atoms with E-state index in [1.165, 1.54) is 0 Å². The molecule has 1 heterocycles. The Morgan fingerprint density at radius 1 is 1.50 bits per heavy atom. The minimum Gasteiger partial charge on any atom is -0.385 e. The number of pyridine rings is 1. The highest BCUT2D eigenvalue weighted by Crippen LogP contribution is 2.13. The summed E-state index contributed by atoms with van der Waals surface area (Å²) in [6, 6.07) is 5.31. The van der Waals surface area contributed by atoms with Crippen molar-refractivity contribution in [3.63, 3.8) is 0 Å². The van der Waals surface area contributed by atoms with Gasteiger partial charge in [-0.05, 0) is 12.1 Å². The molecule has 0 aromatic carbocycles. The smallest absolute Gasteiger partial charge is 0.225 e. The van der Waals surface area contributed by atoms with E-state index < -0.39 is 11.5 Å². The topological polar surface area (TPSA) is 62.2 Å². The highest BCUT2D eigenvalue weighted by Gasteiger charge is 2.21. The van der Waals surface area contributed by atoms with Crippen LogP contribution in [0.25, 0.3) is 0 Å². The second-order valence-electron chi connectivity index (χ2n) is 4.73. The molecule has 0 bridgehead atoms. The molecule has 1 amide bonds. The molecule has 2 N–H and O–H groups in total. The average molecular weight is 222 g/mol. The Morgan fingerprint density at radius 3 is 2.69 bits per heavy atom. The van der Waals surface area contributed by atoms with E-state index in [4.69, 9.17) is 0 Å². The molecule has 0 fully saturated rings. The molecular formula is C12H18N2O2. The number of hydrogen-bond donors (Lipinski definition) is 2. The molecule has 0 saturated heterocycles. The minimum atomic E-state index is -0.757. The molecule has 1 atom stereocenters. The Labute approximate surface area is 95.7 Å². The lowest BCUT2D eigenvalue weighted by atomic mass is 9.95. The van der Waals surface area contributed by atoms with Gasteiger partial charge in [0.2, 0.25) is 5.91 Å². The van der Waals surface area contributed by atoms with E-state index in [2.05, 4.69) is 10.3 Å². The predicted molar refractivity (Wildman–Crippen MR) is 61.7 cm³/mol. The molecule has 4 nitrogen and oxygen atoms in total. The number of carbonyl (C=O) groups excluding carboxylic acids is 1. The molecule has 1 aromatic rings. The van der Waals surface area contributed by atoms with Crippen LogP contribution in [-0.2, 0) is 4.79 Å². The zero-order valence-electron chi connectivity index (χ0n) is 9.90. The van der Waals surface area contributed by atoms with Crippen LogP contribution in [0.2, 0.25) is 0 Å². The van der Waals surface area contributed by atoms with Gasteiger partial charge in [-0.2, -0.15) is 0 Å². The van der Waals surface area contributed by atoms with Gasteiger partial charge in [0.15, 0.2) is 0 Å². The van der Waals surface area contributed by atoms with Gasteiger partial charge in [-0.3, -0.25) is 9.78 Å². The van der Waals surface area contributed by atoms with E-state index in [9.17, 15) is 9.90 Å². The van der Waals surface area contributed by atoms with E-state index in [0.717, 1.165) is 0 Å². The maximum absolute atomic E-state index is 11.6. The van der Waals surface area contributed by atoms with Gasteiger partial charge < -0.3 is 10.4 Å². The summed E-state index contributed by atoms with van der Waals surface area (Å²) in [7, 11) is 0. The molecule has 88 valence electrons. The Balaban J connectivity index is 2.48. The van der Waals surface area contributed by atoms with Gasteiger partial charge >= 0.3 is 0 Å². The summed E-state index contributed by atoms with van der Waals surface area (Å²) >= 11 is 0. The highest BCUT2D eigenvalue weighted by molar-refractivity contribution is 5.81. The largest absolute Gasteiger partial charge is 0.385 e. The van der Waals surface area contributed by atoms with E-state index in [-0.39, 0.29) is 12.5 Å². The molecule has 0 aliphatic rings. The lowest BCUT2D eigenvalue weighted by molar-refractivity contribution is -0.129. The van der Waals surface area contributed by atoms with Crippen LogP contribution in [0.1, 0.15) is 32.6 Å². The molecule has 1 unspecified atom stereocenters. The number of aromatic nitrogens is 1. The Hall–Kier alpha value is -1.42. The van der Waals surface area contributed by atoms with Gasteiger partial charge in [0.1, 0.15) is 6.10 Å². The minimum absolute atomic E-state index is 0.0810. The third-order valence-corrected chi connectivity index (χ3v) is 2.17. The fourth-order valence-corrected chi connectivity index (χ4v) is 1.13. The first-order chi connectivity index (χ1) is 7.41. The van der Waals surface area contributed by atoms with Crippen molar-refractivity contribution in [1.29, 1.82) is 0 Å². The Bertz CT molecular complexity index is 344. The van der Waals surface area contributed by atoms with Crippen molar-refractivity contribution >= 4 is 5.91 Å². The number of nitrogens with one attached hydrogen (secondary N) is 1. The maximum Gasteiger partial charge on any atom is 0.225 e. The van der Waals surface area contributed by atoms with Crippen LogP contribution in [0.15, 0.2) is 24.4 Å². The molecule has 1 aromatic heterocycles. The number of aliphatic hydroxyl groups is 1. The van der Waals surface area contributed by atoms with Crippen LogP contribution >= 0.6 is 0 Å². The van der Waals surface area contributed by atoms with Crippen molar-refractivity contribution in [3.05, 3.63) is 30.1 Å². The summed E-state index contributed by atoms with van der Waals surface area (Å²) in [5.41, 5.74) is 0.126. The zero-order valence-corrected chi connectivity index (χ0v) is 9.90. The fraction of sp³-hybridized carbons (Fsp3) is 0.500. The lowest BCUT2D eigenvalue weighted by Crippen LogP contribution is -2.37. The highest BCUT2D eigenvalue weighted by atomic mass is 16.3. The molecular weight excluding hydrogens is 204 g/mol. The first-order valence-corrected chi connectivity index (χ1v) is 5.28. The number of hydrogen-bond acceptors (Lipinski definition) is 3. The van der Waals surface area contributed by atoms with Crippen LogP contribution in [0.4, 0.5) is 0 Å². The SMILES string of the molecule is CC(C)(C)C(=O)NCC(O)c1ccccn1. The summed E-state index contributed by atoms with van der Waals surface area (Å²) in [5, 5.41) is 12.4. The quantitative estimate of drug-likeness (QED) is 0.809. The third-order valence-electron chi connectivity index (χ3n) is 2.17. The number of rotatable bonds is 3. The Morgan fingerprint density at radius 2 is 2.19 bits per heavy atom. The summed E-state index contributed by atoms with van der Waals surface area (Å²) in [5.74, 6) is -0.0810. The van der Waals surface area contributed by atoms with Crippen molar-refractivity contribution < 1.29 is 9.90 Å². The van der Waals surface area contributed by atoms with Crippen molar-refractivity contribution in [3.8, 4) is 0 Å². The van der Waals surface area contributed by atoms with Crippen LogP contribution in [0, 0.1) is 5.41 Å². The molecule has 16 heavy (non-hydrogen) atoms. The molecule has 0 spiro atoms. The molecule has 1 rings (SSSR count). The van der Waals surface area contributed by atoms with Gasteiger partial charge in [0.25, 0.3) is 0 Å². The second kappa shape index (κ2) is 5.07. The number of carbonyl (C=O) groups is 1. The summed E-state index contributed by atoms with van der Waals surface area (Å²) in [4.78, 5) is 15.6. The zero-order chi connectivity index (χ0) is 12.2. The van der Waals surface area contributed by atoms with E-state index in [0.29, 0.717) is 5.69 Å². The summed E-state index contributed by atoms with van der Waals surface area (Å²) in [6.45, 7) is 5.67. The fourth-order valence-electron chi connectivity index (χ4n) is 1.13. The van der Waals surface area contributed by atoms with E-state index in [1.54, 1.807) is 24.4 Å². The lowest BCUT2D eigenvalue weighted by Gasteiger charge is -2.19. The second-order valence-corrected chi connectivity index (χ2v) is 4.73. The third kappa shape index (κ3) is 3.62. The van der Waals surface area contributed by atoms with Gasteiger partial charge in [-0.25, -0.2) is 0 Å². The molecule has 0 radical (unpaired) electrons. The van der Waals surface area contributed by atoms with E-state index >= 15 is 0 Å². The predicted octanol–water partition coefficient (Wildman–Crippen LogP) is 1.28. The van der Waals surface area contributed by atoms with Gasteiger partial charge in [0, 0.05) is 18.2 Å². The Kier molecular flexibility index (Phi) is 4.01. The molecule has 0 aliphatic carbocycles. The molecule has 4 heteroatoms.